The number of likely N-dealkylation sites (tertiary alicyclic amines) is 1. The number of amides is 1. The van der Waals surface area contributed by atoms with Gasteiger partial charge in [0.2, 0.25) is 0 Å². The zero-order valence-electron chi connectivity index (χ0n) is 20.6. The lowest BCUT2D eigenvalue weighted by atomic mass is 9.84. The van der Waals surface area contributed by atoms with Crippen LogP contribution in [0, 0.1) is 11.7 Å². The molecule has 36 heavy (non-hydrogen) atoms. The van der Waals surface area contributed by atoms with Crippen molar-refractivity contribution in [1.82, 2.24) is 15.2 Å². The molecule has 0 spiro atoms. The van der Waals surface area contributed by atoms with Crippen molar-refractivity contribution in [3.05, 3.63) is 66.6 Å². The molecule has 190 valence electrons. The van der Waals surface area contributed by atoms with Crippen molar-refractivity contribution < 1.29 is 18.7 Å². The van der Waals surface area contributed by atoms with Gasteiger partial charge in [0.1, 0.15) is 23.4 Å². The minimum atomic E-state index is -0.388. The van der Waals surface area contributed by atoms with Gasteiger partial charge in [-0.1, -0.05) is 12.1 Å². The number of nitrogens with zero attached hydrogens (tertiary/aromatic N) is 2. The first-order valence-electron chi connectivity index (χ1n) is 13.1. The van der Waals surface area contributed by atoms with Crippen molar-refractivity contribution in [2.75, 3.05) is 19.6 Å². The van der Waals surface area contributed by atoms with Gasteiger partial charge in [0.05, 0.1) is 5.52 Å². The Kier molecular flexibility index (Phi) is 7.96. The monoisotopic (exact) mass is 491 g/mol. The summed E-state index contributed by atoms with van der Waals surface area (Å²) < 4.78 is 24.7. The molecule has 2 heterocycles. The number of nitrogens with one attached hydrogen (secondary N) is 1. The summed E-state index contributed by atoms with van der Waals surface area (Å²) in [6.07, 6.45) is 8.93. The van der Waals surface area contributed by atoms with Crippen LogP contribution in [0.3, 0.4) is 0 Å². The van der Waals surface area contributed by atoms with Crippen LogP contribution in [0.2, 0.25) is 0 Å². The molecule has 1 N–H and O–H groups in total. The molecule has 1 amide bonds. The summed E-state index contributed by atoms with van der Waals surface area (Å²) in [4.78, 5) is 19.4. The number of halogens is 1. The van der Waals surface area contributed by atoms with Gasteiger partial charge in [-0.05, 0) is 99.9 Å². The van der Waals surface area contributed by atoms with Crippen molar-refractivity contribution in [3.63, 3.8) is 0 Å². The molecule has 1 aliphatic carbocycles. The number of para-hydroxylation sites is 1. The van der Waals surface area contributed by atoms with Gasteiger partial charge in [0, 0.05) is 30.7 Å². The highest BCUT2D eigenvalue weighted by Crippen LogP contribution is 2.29. The van der Waals surface area contributed by atoms with E-state index in [4.69, 9.17) is 9.47 Å². The van der Waals surface area contributed by atoms with Crippen LogP contribution in [-0.4, -0.2) is 47.8 Å². The molecular weight excluding hydrogens is 457 g/mol. The van der Waals surface area contributed by atoms with E-state index < -0.39 is 0 Å². The van der Waals surface area contributed by atoms with E-state index in [-0.39, 0.29) is 24.1 Å². The zero-order chi connectivity index (χ0) is 24.7. The van der Waals surface area contributed by atoms with E-state index in [1.807, 2.05) is 24.3 Å². The Morgan fingerprint density at radius 1 is 0.972 bits per heavy atom. The van der Waals surface area contributed by atoms with E-state index in [2.05, 4.69) is 15.2 Å². The number of piperidine rings is 1. The molecule has 5 rings (SSSR count). The summed E-state index contributed by atoms with van der Waals surface area (Å²) in [5.41, 5.74) is 0.813. The lowest BCUT2D eigenvalue weighted by molar-refractivity contribution is 0.0948. The van der Waals surface area contributed by atoms with E-state index in [0.29, 0.717) is 11.7 Å². The van der Waals surface area contributed by atoms with Gasteiger partial charge in [-0.3, -0.25) is 4.98 Å². The van der Waals surface area contributed by atoms with Gasteiger partial charge in [-0.2, -0.15) is 0 Å². The normalized spacial score (nSPS) is 21.2. The molecule has 2 aliphatic rings. The van der Waals surface area contributed by atoms with Crippen molar-refractivity contribution in [2.45, 2.75) is 57.1 Å². The summed E-state index contributed by atoms with van der Waals surface area (Å²) >= 11 is 0. The molecule has 1 saturated carbocycles. The molecule has 1 saturated heterocycles. The van der Waals surface area contributed by atoms with Crippen molar-refractivity contribution in [3.8, 4) is 11.5 Å². The van der Waals surface area contributed by atoms with Crippen LogP contribution in [0.5, 0.6) is 11.5 Å². The molecule has 6 nitrogen and oxygen atoms in total. The van der Waals surface area contributed by atoms with Gasteiger partial charge in [-0.15, -0.1) is 0 Å². The van der Waals surface area contributed by atoms with Gasteiger partial charge in [0.25, 0.3) is 0 Å². The summed E-state index contributed by atoms with van der Waals surface area (Å²) in [5, 5.41) is 3.90. The predicted octanol–water partition coefficient (Wildman–Crippen LogP) is 5.95. The first-order chi connectivity index (χ1) is 17.6. The number of benzene rings is 2. The van der Waals surface area contributed by atoms with Gasteiger partial charge in [-0.25, -0.2) is 9.18 Å². The summed E-state index contributed by atoms with van der Waals surface area (Å²) in [5.74, 6) is 1.76. The maximum Gasteiger partial charge on any atom is 0.412 e. The van der Waals surface area contributed by atoms with E-state index in [1.54, 1.807) is 24.4 Å². The average Bonchev–Trinajstić information content (AvgIpc) is 2.91. The third-order valence-electron chi connectivity index (χ3n) is 7.48. The van der Waals surface area contributed by atoms with E-state index in [9.17, 15) is 9.18 Å². The molecule has 0 unspecified atom stereocenters. The Labute approximate surface area is 211 Å². The van der Waals surface area contributed by atoms with Gasteiger partial charge in [0.15, 0.2) is 0 Å². The SMILES string of the molecule is O=C(N[C@H]1CC[C@H](CCN2CCC(Oc3ccc(F)cc3)CC2)CC1)Oc1ccnc2ccccc12. The first-order valence-corrected chi connectivity index (χ1v) is 13.1. The van der Waals surface area contributed by atoms with Crippen LogP contribution in [0.1, 0.15) is 44.9 Å². The third-order valence-corrected chi connectivity index (χ3v) is 7.48. The molecule has 1 aliphatic heterocycles. The predicted molar refractivity (Wildman–Crippen MR) is 138 cm³/mol. The standard InChI is InChI=1S/C29H34FN3O3/c30-22-7-11-24(12-8-22)35-25-15-19-33(20-16-25)18-14-21-5-9-23(10-6-21)32-29(34)36-28-13-17-31-27-4-2-1-3-26(27)28/h1-4,7-8,11-13,17,21,23,25H,5-6,9-10,14-16,18-20H2,(H,32,34)/t21-,23-. The lowest BCUT2D eigenvalue weighted by Gasteiger charge is -2.34. The molecule has 2 aromatic carbocycles. The highest BCUT2D eigenvalue weighted by atomic mass is 19.1. The maximum atomic E-state index is 13.1. The fourth-order valence-electron chi connectivity index (χ4n) is 5.37. The summed E-state index contributed by atoms with van der Waals surface area (Å²) in [6, 6.07) is 15.9. The Morgan fingerprint density at radius 2 is 1.72 bits per heavy atom. The van der Waals surface area contributed by atoms with E-state index in [1.165, 1.54) is 18.6 Å². The van der Waals surface area contributed by atoms with Gasteiger partial charge >= 0.3 is 6.09 Å². The molecule has 1 aromatic heterocycles. The van der Waals surface area contributed by atoms with E-state index in [0.717, 1.165) is 74.8 Å². The second-order valence-electron chi connectivity index (χ2n) is 9.98. The quantitative estimate of drug-likeness (QED) is 0.442. The van der Waals surface area contributed by atoms with Crippen LogP contribution in [0.25, 0.3) is 10.9 Å². The molecular formula is C29H34FN3O3. The Morgan fingerprint density at radius 3 is 2.50 bits per heavy atom. The zero-order valence-corrected chi connectivity index (χ0v) is 20.6. The fraction of sp³-hybridized carbons (Fsp3) is 0.448. The Balaban J connectivity index is 0.987. The van der Waals surface area contributed by atoms with Crippen molar-refractivity contribution >= 4 is 17.0 Å². The second-order valence-corrected chi connectivity index (χ2v) is 9.98. The highest BCUT2D eigenvalue weighted by Gasteiger charge is 2.25. The second kappa shape index (κ2) is 11.7. The van der Waals surface area contributed by atoms with Gasteiger partial charge < -0.3 is 19.7 Å². The smallest absolute Gasteiger partial charge is 0.412 e. The molecule has 2 fully saturated rings. The number of carbonyl (C=O) groups is 1. The minimum absolute atomic E-state index is 0.168. The van der Waals surface area contributed by atoms with Crippen LogP contribution in [0.4, 0.5) is 9.18 Å². The average molecular weight is 492 g/mol. The highest BCUT2D eigenvalue weighted by molar-refractivity contribution is 5.87. The van der Waals surface area contributed by atoms with E-state index >= 15 is 0 Å². The maximum absolute atomic E-state index is 13.1. The largest absolute Gasteiger partial charge is 0.490 e. The number of carbonyl (C=O) groups excluding carboxylic acids is 1. The molecule has 0 radical (unpaired) electrons. The minimum Gasteiger partial charge on any atom is -0.490 e. The number of aromatic nitrogens is 1. The fourth-order valence-corrected chi connectivity index (χ4v) is 5.37. The third kappa shape index (κ3) is 6.52. The van der Waals surface area contributed by atoms with Crippen molar-refractivity contribution in [1.29, 1.82) is 0 Å². The molecule has 3 aromatic rings. The summed E-state index contributed by atoms with van der Waals surface area (Å²) in [6.45, 7) is 3.19. The van der Waals surface area contributed by atoms with Crippen molar-refractivity contribution in [2.24, 2.45) is 5.92 Å². The molecule has 0 bridgehead atoms. The Bertz CT molecular complexity index is 1130. The number of hydrogen-bond acceptors (Lipinski definition) is 5. The first kappa shape index (κ1) is 24.5. The van der Waals surface area contributed by atoms with Crippen LogP contribution >= 0.6 is 0 Å². The molecule has 7 heteroatoms. The number of fused-ring (bicyclic) bond motifs is 1. The number of rotatable bonds is 7. The number of hydrogen-bond donors (Lipinski definition) is 1. The molecule has 0 atom stereocenters. The van der Waals surface area contributed by atoms with Crippen LogP contribution in [-0.2, 0) is 0 Å². The Hall–Kier alpha value is -3.19. The lowest BCUT2D eigenvalue weighted by Crippen LogP contribution is -2.41. The summed E-state index contributed by atoms with van der Waals surface area (Å²) in [7, 11) is 0. The topological polar surface area (TPSA) is 63.7 Å². The van der Waals surface area contributed by atoms with Crippen LogP contribution < -0.4 is 14.8 Å². The number of ether oxygens (including phenoxy) is 2. The number of pyridine rings is 1. The van der Waals surface area contributed by atoms with Crippen LogP contribution in [0.15, 0.2) is 60.8 Å².